The van der Waals surface area contributed by atoms with Gasteiger partial charge in [-0.2, -0.15) is 0 Å². The van der Waals surface area contributed by atoms with Crippen molar-refractivity contribution in [2.24, 2.45) is 5.73 Å². The predicted molar refractivity (Wildman–Crippen MR) is 22.9 cm³/mol. The van der Waals surface area contributed by atoms with Crippen molar-refractivity contribution >= 4 is 0 Å². The van der Waals surface area contributed by atoms with Crippen LogP contribution in [0.4, 0.5) is 0 Å². The number of aliphatic hydroxyl groups excluding tert-OH is 1. The fraction of sp³-hybridized carbons (Fsp3) is 1.00. The molecular weight excluding hydrogens is 66.0 g/mol. The molecule has 2 nitrogen and oxygen atoms in total. The van der Waals surface area contributed by atoms with Gasteiger partial charge in [0.25, 0.3) is 0 Å². The maximum absolute atomic E-state index is 7.57. The quantitative estimate of drug-likeness (QED) is 0.412. The fourth-order valence-corrected chi connectivity index (χ4v) is 0. The Bertz CT molecular complexity index is 6.85. The first-order valence-corrected chi connectivity index (χ1v) is 1.60. The van der Waals surface area contributed by atoms with Crippen LogP contribution in [0.1, 0.15) is 6.92 Å². The highest BCUT2D eigenvalue weighted by Crippen LogP contribution is 1.30. The standard InChI is InChI=1S/C2H6O.CH5N/c1-2-3;1-2/h3H,2H2,1H3;2H2,1H3. The van der Waals surface area contributed by atoms with Gasteiger partial charge in [0.1, 0.15) is 0 Å². The highest BCUT2D eigenvalue weighted by Gasteiger charge is 1.34. The Morgan fingerprint density at radius 2 is 1.60 bits per heavy atom. The molecule has 0 spiro atoms. The molecular formula is C3H11NO. The SMILES string of the molecule is CCO.CN. The molecule has 0 bridgehead atoms. The van der Waals surface area contributed by atoms with Gasteiger partial charge >= 0.3 is 0 Å². The Balaban J connectivity index is 0. The van der Waals surface area contributed by atoms with E-state index in [0.29, 0.717) is 0 Å². The van der Waals surface area contributed by atoms with E-state index in [1.807, 2.05) is 0 Å². The van der Waals surface area contributed by atoms with Crippen LogP contribution in [0.2, 0.25) is 0 Å². The van der Waals surface area contributed by atoms with Crippen LogP contribution in [-0.2, 0) is 0 Å². The van der Waals surface area contributed by atoms with Crippen molar-refractivity contribution in [1.29, 1.82) is 0 Å². The smallest absolute Gasteiger partial charge is 0.0402 e. The van der Waals surface area contributed by atoms with E-state index >= 15 is 0 Å². The second-order valence-corrected chi connectivity index (χ2v) is 0.316. The molecule has 0 aliphatic rings. The lowest BCUT2D eigenvalue weighted by molar-refractivity contribution is 0.318. The van der Waals surface area contributed by atoms with Gasteiger partial charge in [0.2, 0.25) is 0 Å². The lowest BCUT2D eigenvalue weighted by atomic mass is 10.9. The van der Waals surface area contributed by atoms with Crippen LogP contribution in [0.3, 0.4) is 0 Å². The summed E-state index contributed by atoms with van der Waals surface area (Å²) in [6.45, 7) is 1.93. The number of nitrogens with two attached hydrogens (primary N) is 1. The Hall–Kier alpha value is -0.0800. The summed E-state index contributed by atoms with van der Waals surface area (Å²) < 4.78 is 0. The summed E-state index contributed by atoms with van der Waals surface area (Å²) in [5.41, 5.74) is 4.50. The third-order valence-electron chi connectivity index (χ3n) is 0. The molecule has 0 aromatic rings. The van der Waals surface area contributed by atoms with Crippen LogP contribution in [0, 0.1) is 0 Å². The zero-order valence-electron chi connectivity index (χ0n) is 3.73. The van der Waals surface area contributed by atoms with Crippen LogP contribution in [0.15, 0.2) is 0 Å². The van der Waals surface area contributed by atoms with Crippen molar-refractivity contribution in [3.8, 4) is 0 Å². The summed E-state index contributed by atoms with van der Waals surface area (Å²) >= 11 is 0. The zero-order chi connectivity index (χ0) is 4.71. The van der Waals surface area contributed by atoms with Gasteiger partial charge in [0.05, 0.1) is 0 Å². The van der Waals surface area contributed by atoms with Crippen molar-refractivity contribution in [3.05, 3.63) is 0 Å². The molecule has 0 fully saturated rings. The van der Waals surface area contributed by atoms with E-state index < -0.39 is 0 Å². The first-order chi connectivity index (χ1) is 2.41. The van der Waals surface area contributed by atoms with Gasteiger partial charge in [-0.15, -0.1) is 0 Å². The van der Waals surface area contributed by atoms with E-state index in [1.54, 1.807) is 6.92 Å². The van der Waals surface area contributed by atoms with E-state index in [1.165, 1.54) is 7.05 Å². The molecule has 0 aliphatic heterocycles. The van der Waals surface area contributed by atoms with E-state index in [9.17, 15) is 0 Å². The van der Waals surface area contributed by atoms with Crippen LogP contribution >= 0.6 is 0 Å². The van der Waals surface area contributed by atoms with Crippen molar-refractivity contribution in [2.45, 2.75) is 6.92 Å². The first kappa shape index (κ1) is 8.87. The number of hydrogen-bond acceptors (Lipinski definition) is 2. The van der Waals surface area contributed by atoms with Crippen LogP contribution in [0.25, 0.3) is 0 Å². The van der Waals surface area contributed by atoms with Gasteiger partial charge < -0.3 is 10.8 Å². The van der Waals surface area contributed by atoms with Gasteiger partial charge in [-0.3, -0.25) is 0 Å². The van der Waals surface area contributed by atoms with Crippen LogP contribution in [0.5, 0.6) is 0 Å². The molecule has 0 heterocycles. The lowest BCUT2D eigenvalue weighted by Crippen LogP contribution is -1.69. The zero-order valence-corrected chi connectivity index (χ0v) is 3.73. The van der Waals surface area contributed by atoms with Gasteiger partial charge in [0.15, 0.2) is 0 Å². The van der Waals surface area contributed by atoms with Crippen molar-refractivity contribution < 1.29 is 5.11 Å². The third kappa shape index (κ3) is 2260. The topological polar surface area (TPSA) is 46.2 Å². The largest absolute Gasteiger partial charge is 0.397 e. The average molecular weight is 77.1 g/mol. The Kier molecular flexibility index (Phi) is 70.0. The van der Waals surface area contributed by atoms with Gasteiger partial charge in [-0.25, -0.2) is 0 Å². The van der Waals surface area contributed by atoms with Gasteiger partial charge in [-0.05, 0) is 14.0 Å². The summed E-state index contributed by atoms with van der Waals surface area (Å²) in [5.74, 6) is 0. The molecule has 0 atom stereocenters. The summed E-state index contributed by atoms with van der Waals surface area (Å²) in [5, 5.41) is 7.57. The van der Waals surface area contributed by atoms with E-state index in [-0.39, 0.29) is 6.61 Å². The minimum absolute atomic E-state index is 0.250. The number of rotatable bonds is 0. The van der Waals surface area contributed by atoms with Crippen molar-refractivity contribution in [1.82, 2.24) is 0 Å². The fourth-order valence-electron chi connectivity index (χ4n) is 0. The van der Waals surface area contributed by atoms with Crippen molar-refractivity contribution in [2.75, 3.05) is 13.7 Å². The Labute approximate surface area is 32.6 Å². The molecule has 34 valence electrons. The normalized spacial score (nSPS) is 4.80. The molecule has 5 heavy (non-hydrogen) atoms. The molecule has 0 aliphatic carbocycles. The first-order valence-electron chi connectivity index (χ1n) is 1.60. The highest BCUT2D eigenvalue weighted by atomic mass is 16.2. The second kappa shape index (κ2) is 39.5. The molecule has 0 radical (unpaired) electrons. The molecule has 0 rings (SSSR count). The monoisotopic (exact) mass is 77.1 g/mol. The maximum Gasteiger partial charge on any atom is 0.0402 e. The van der Waals surface area contributed by atoms with Gasteiger partial charge in [0, 0.05) is 6.61 Å². The van der Waals surface area contributed by atoms with E-state index in [0.717, 1.165) is 0 Å². The molecule has 3 N–H and O–H groups in total. The molecule has 0 unspecified atom stereocenters. The average Bonchev–Trinajstić information content (AvgIpc) is 1.46. The number of hydrogen-bond donors (Lipinski definition) is 2. The molecule has 0 aromatic carbocycles. The third-order valence-corrected chi connectivity index (χ3v) is 0. The van der Waals surface area contributed by atoms with Crippen LogP contribution in [-0.4, -0.2) is 18.8 Å². The second-order valence-electron chi connectivity index (χ2n) is 0.316. The molecule has 2 heteroatoms. The molecule has 0 aromatic heterocycles. The summed E-state index contributed by atoms with van der Waals surface area (Å²) in [4.78, 5) is 0. The maximum atomic E-state index is 7.57. The van der Waals surface area contributed by atoms with Crippen LogP contribution < -0.4 is 5.73 Å². The minimum Gasteiger partial charge on any atom is -0.397 e. The van der Waals surface area contributed by atoms with Gasteiger partial charge in [-0.1, -0.05) is 0 Å². The van der Waals surface area contributed by atoms with E-state index in [2.05, 4.69) is 5.73 Å². The summed E-state index contributed by atoms with van der Waals surface area (Å²) in [6.07, 6.45) is 0. The Morgan fingerprint density at radius 1 is 1.60 bits per heavy atom. The summed E-state index contributed by atoms with van der Waals surface area (Å²) in [7, 11) is 1.50. The predicted octanol–water partition coefficient (Wildman–Crippen LogP) is -0.427. The van der Waals surface area contributed by atoms with Crippen molar-refractivity contribution in [3.63, 3.8) is 0 Å². The lowest BCUT2D eigenvalue weighted by Gasteiger charge is -1.52. The Morgan fingerprint density at radius 3 is 1.60 bits per heavy atom. The number of aliphatic hydroxyl groups is 1. The minimum atomic E-state index is 0.250. The molecule has 0 saturated carbocycles. The summed E-state index contributed by atoms with van der Waals surface area (Å²) in [6, 6.07) is 0. The van der Waals surface area contributed by atoms with E-state index in [4.69, 9.17) is 5.11 Å². The molecule has 0 amide bonds. The molecule has 0 saturated heterocycles. The highest BCUT2D eigenvalue weighted by molar-refractivity contribution is 3.84.